The van der Waals surface area contributed by atoms with E-state index in [1.54, 1.807) is 19.1 Å². The van der Waals surface area contributed by atoms with E-state index in [-0.39, 0.29) is 29.2 Å². The summed E-state index contributed by atoms with van der Waals surface area (Å²) in [5, 5.41) is 3.64. The minimum atomic E-state index is -4.51. The standard InChI is InChI=1S/C18H13F3N2O3/c1-11-6-7-12(9-22-11)17(24)25-10-13-8-16(23-26-13)14-4-2-3-5-15(14)18(19,20)21/h2-9H,10H2,1H3. The van der Waals surface area contributed by atoms with Crippen molar-refractivity contribution in [1.29, 1.82) is 0 Å². The van der Waals surface area contributed by atoms with E-state index in [0.717, 1.165) is 11.8 Å². The van der Waals surface area contributed by atoms with Crippen molar-refractivity contribution >= 4 is 5.97 Å². The van der Waals surface area contributed by atoms with Gasteiger partial charge in [-0.1, -0.05) is 23.4 Å². The molecule has 2 heterocycles. The van der Waals surface area contributed by atoms with E-state index in [9.17, 15) is 18.0 Å². The third-order valence-electron chi connectivity index (χ3n) is 3.56. The van der Waals surface area contributed by atoms with Crippen molar-refractivity contribution in [1.82, 2.24) is 10.1 Å². The van der Waals surface area contributed by atoms with Crippen molar-refractivity contribution < 1.29 is 27.2 Å². The molecular formula is C18H13F3N2O3. The van der Waals surface area contributed by atoms with E-state index in [0.29, 0.717) is 0 Å². The van der Waals surface area contributed by atoms with E-state index >= 15 is 0 Å². The molecule has 3 rings (SSSR count). The van der Waals surface area contributed by atoms with Crippen molar-refractivity contribution in [2.24, 2.45) is 0 Å². The topological polar surface area (TPSA) is 65.2 Å². The summed E-state index contributed by atoms with van der Waals surface area (Å²) in [7, 11) is 0. The lowest BCUT2D eigenvalue weighted by atomic mass is 10.0. The zero-order chi connectivity index (χ0) is 18.7. The lowest BCUT2D eigenvalue weighted by molar-refractivity contribution is -0.137. The first kappa shape index (κ1) is 17.7. The zero-order valence-electron chi connectivity index (χ0n) is 13.6. The molecule has 0 aliphatic heterocycles. The van der Waals surface area contributed by atoms with Crippen LogP contribution in [0.5, 0.6) is 0 Å². The summed E-state index contributed by atoms with van der Waals surface area (Å²) >= 11 is 0. The second kappa shape index (κ2) is 6.99. The molecule has 0 saturated heterocycles. The van der Waals surface area contributed by atoms with Crippen molar-refractivity contribution in [2.75, 3.05) is 0 Å². The van der Waals surface area contributed by atoms with Gasteiger partial charge in [-0.2, -0.15) is 13.2 Å². The van der Waals surface area contributed by atoms with Crippen molar-refractivity contribution in [3.05, 3.63) is 71.2 Å². The zero-order valence-corrected chi connectivity index (χ0v) is 13.6. The Kier molecular flexibility index (Phi) is 4.75. The van der Waals surface area contributed by atoms with Gasteiger partial charge in [0.2, 0.25) is 0 Å². The maximum Gasteiger partial charge on any atom is 0.417 e. The Labute approximate surface area is 146 Å². The van der Waals surface area contributed by atoms with E-state index in [2.05, 4.69) is 10.1 Å². The van der Waals surface area contributed by atoms with E-state index in [4.69, 9.17) is 9.26 Å². The SMILES string of the molecule is Cc1ccc(C(=O)OCc2cc(-c3ccccc3C(F)(F)F)no2)cn1. The average molecular weight is 362 g/mol. The van der Waals surface area contributed by atoms with E-state index in [1.807, 2.05) is 0 Å². The van der Waals surface area contributed by atoms with Gasteiger partial charge in [-0.15, -0.1) is 0 Å². The van der Waals surface area contributed by atoms with Crippen LogP contribution in [0.2, 0.25) is 0 Å². The van der Waals surface area contributed by atoms with Crippen LogP contribution in [-0.4, -0.2) is 16.1 Å². The second-order valence-corrected chi connectivity index (χ2v) is 5.49. The fraction of sp³-hybridized carbons (Fsp3) is 0.167. The van der Waals surface area contributed by atoms with Gasteiger partial charge in [0.05, 0.1) is 11.1 Å². The molecular weight excluding hydrogens is 349 g/mol. The Morgan fingerprint density at radius 3 is 2.65 bits per heavy atom. The van der Waals surface area contributed by atoms with Crippen LogP contribution in [0.3, 0.4) is 0 Å². The number of carbonyl (C=O) groups excluding carboxylic acids is 1. The molecule has 0 amide bonds. The van der Waals surface area contributed by atoms with Crippen LogP contribution in [0.1, 0.15) is 27.4 Å². The van der Waals surface area contributed by atoms with Crippen LogP contribution in [-0.2, 0) is 17.5 Å². The van der Waals surface area contributed by atoms with E-state index < -0.39 is 17.7 Å². The lowest BCUT2D eigenvalue weighted by Crippen LogP contribution is -2.06. The van der Waals surface area contributed by atoms with Crippen LogP contribution < -0.4 is 0 Å². The van der Waals surface area contributed by atoms with Crippen molar-refractivity contribution in [3.8, 4) is 11.3 Å². The molecule has 2 aromatic heterocycles. The van der Waals surface area contributed by atoms with Gasteiger partial charge < -0.3 is 9.26 Å². The lowest BCUT2D eigenvalue weighted by Gasteiger charge is -2.10. The highest BCUT2D eigenvalue weighted by molar-refractivity contribution is 5.88. The molecule has 3 aromatic rings. The normalized spacial score (nSPS) is 11.4. The predicted octanol–water partition coefficient (Wildman–Crippen LogP) is 4.42. The Morgan fingerprint density at radius 2 is 1.96 bits per heavy atom. The molecule has 0 aliphatic carbocycles. The van der Waals surface area contributed by atoms with Crippen molar-refractivity contribution in [2.45, 2.75) is 19.7 Å². The summed E-state index contributed by atoms with van der Waals surface area (Å²) in [6.45, 7) is 1.53. The van der Waals surface area contributed by atoms with Crippen LogP contribution >= 0.6 is 0 Å². The molecule has 5 nitrogen and oxygen atoms in total. The second-order valence-electron chi connectivity index (χ2n) is 5.49. The molecule has 0 radical (unpaired) electrons. The van der Waals surface area contributed by atoms with Crippen LogP contribution in [0.4, 0.5) is 13.2 Å². The van der Waals surface area contributed by atoms with Gasteiger partial charge in [0.1, 0.15) is 5.69 Å². The highest BCUT2D eigenvalue weighted by Gasteiger charge is 2.34. The quantitative estimate of drug-likeness (QED) is 0.643. The molecule has 0 N–H and O–H groups in total. The minimum absolute atomic E-state index is 0.0148. The van der Waals surface area contributed by atoms with Gasteiger partial charge >= 0.3 is 12.1 Å². The largest absolute Gasteiger partial charge is 0.454 e. The molecule has 0 fully saturated rings. The Bertz CT molecular complexity index is 918. The molecule has 0 unspecified atom stereocenters. The summed E-state index contributed by atoms with van der Waals surface area (Å²) in [6, 6.07) is 9.58. The molecule has 0 saturated carbocycles. The van der Waals surface area contributed by atoms with Crippen molar-refractivity contribution in [3.63, 3.8) is 0 Å². The molecule has 0 atom stereocenters. The number of rotatable bonds is 4. The molecule has 26 heavy (non-hydrogen) atoms. The number of aromatic nitrogens is 2. The number of pyridine rings is 1. The fourth-order valence-electron chi connectivity index (χ4n) is 2.27. The highest BCUT2D eigenvalue weighted by Crippen LogP contribution is 2.36. The van der Waals surface area contributed by atoms with Crippen LogP contribution in [0.25, 0.3) is 11.3 Å². The number of hydrogen-bond donors (Lipinski definition) is 0. The first-order valence-electron chi connectivity index (χ1n) is 7.56. The summed E-state index contributed by atoms with van der Waals surface area (Å²) in [5.41, 5.74) is 0.107. The number of aryl methyl sites for hydroxylation is 1. The molecule has 134 valence electrons. The first-order chi connectivity index (χ1) is 12.3. The highest BCUT2D eigenvalue weighted by atomic mass is 19.4. The maximum absolute atomic E-state index is 13.1. The molecule has 0 aliphatic rings. The number of hydrogen-bond acceptors (Lipinski definition) is 5. The number of halogens is 3. The number of esters is 1. The van der Waals surface area contributed by atoms with Gasteiger partial charge in [0.25, 0.3) is 0 Å². The minimum Gasteiger partial charge on any atom is -0.454 e. The average Bonchev–Trinajstić information content (AvgIpc) is 3.08. The Balaban J connectivity index is 1.73. The smallest absolute Gasteiger partial charge is 0.417 e. The van der Waals surface area contributed by atoms with E-state index in [1.165, 1.54) is 30.5 Å². The molecule has 0 bridgehead atoms. The molecule has 1 aromatic carbocycles. The van der Waals surface area contributed by atoms with Gasteiger partial charge in [-0.05, 0) is 25.1 Å². The number of nitrogens with zero attached hydrogens (tertiary/aromatic N) is 2. The third kappa shape index (κ3) is 3.90. The molecule has 8 heteroatoms. The van der Waals surface area contributed by atoms with Gasteiger partial charge in [0, 0.05) is 23.5 Å². The summed E-state index contributed by atoms with van der Waals surface area (Å²) in [4.78, 5) is 15.9. The fourth-order valence-corrected chi connectivity index (χ4v) is 2.27. The van der Waals surface area contributed by atoms with Gasteiger partial charge in [0.15, 0.2) is 12.4 Å². The Morgan fingerprint density at radius 1 is 1.19 bits per heavy atom. The third-order valence-corrected chi connectivity index (χ3v) is 3.56. The Hall–Kier alpha value is -3.16. The predicted molar refractivity (Wildman–Crippen MR) is 85.0 cm³/mol. The summed E-state index contributed by atoms with van der Waals surface area (Å²) in [5.74, 6) is -0.489. The summed E-state index contributed by atoms with van der Waals surface area (Å²) in [6.07, 6.45) is -3.14. The van der Waals surface area contributed by atoms with Crippen LogP contribution in [0.15, 0.2) is 53.2 Å². The molecule has 0 spiro atoms. The first-order valence-corrected chi connectivity index (χ1v) is 7.56. The maximum atomic E-state index is 13.1. The monoisotopic (exact) mass is 362 g/mol. The number of carbonyl (C=O) groups is 1. The number of alkyl halides is 3. The van der Waals surface area contributed by atoms with Gasteiger partial charge in [-0.3, -0.25) is 4.98 Å². The summed E-state index contributed by atoms with van der Waals surface area (Å²) < 4.78 is 49.3. The van der Waals surface area contributed by atoms with Gasteiger partial charge in [-0.25, -0.2) is 4.79 Å². The van der Waals surface area contributed by atoms with Crippen LogP contribution in [0, 0.1) is 6.92 Å². The number of benzene rings is 1. The number of ether oxygens (including phenoxy) is 1.